The number of benzene rings is 1. The van der Waals surface area contributed by atoms with Crippen LogP contribution in [0.1, 0.15) is 38.2 Å². The van der Waals surface area contributed by atoms with Crippen LogP contribution in [0, 0.1) is 11.7 Å². The lowest BCUT2D eigenvalue weighted by Gasteiger charge is -2.29. The lowest BCUT2D eigenvalue weighted by atomic mass is 9.86. The minimum atomic E-state index is -0.564. The summed E-state index contributed by atoms with van der Waals surface area (Å²) in [4.78, 5) is 23.7. The van der Waals surface area contributed by atoms with Crippen molar-refractivity contribution in [2.24, 2.45) is 5.92 Å². The molecule has 2 rings (SSSR count). The number of carbonyl (C=O) groups is 2. The first-order valence-corrected chi connectivity index (χ1v) is 8.27. The van der Waals surface area contributed by atoms with Gasteiger partial charge < -0.3 is 14.8 Å². The Morgan fingerprint density at radius 3 is 2.71 bits per heavy atom. The summed E-state index contributed by atoms with van der Waals surface area (Å²) in [5.41, 5.74) is 0.472. The summed E-state index contributed by atoms with van der Waals surface area (Å²) in [7, 11) is 1.37. The number of methoxy groups -OCH3 is 1. The summed E-state index contributed by atoms with van der Waals surface area (Å²) in [5.74, 6) is -0.824. The van der Waals surface area contributed by atoms with Gasteiger partial charge in [-0.25, -0.2) is 4.39 Å². The van der Waals surface area contributed by atoms with E-state index in [1.807, 2.05) is 0 Å². The molecule has 0 unspecified atom stereocenters. The predicted molar refractivity (Wildman–Crippen MR) is 87.2 cm³/mol. The van der Waals surface area contributed by atoms with Crippen LogP contribution in [-0.4, -0.2) is 31.6 Å². The number of ether oxygens (including phenoxy) is 2. The number of rotatable bonds is 6. The highest BCUT2D eigenvalue weighted by Crippen LogP contribution is 2.23. The molecule has 132 valence electrons. The van der Waals surface area contributed by atoms with E-state index in [4.69, 9.17) is 9.47 Å². The number of nitrogens with one attached hydrogen (secondary N) is 1. The molecule has 0 radical (unpaired) electrons. The molecule has 6 heteroatoms. The van der Waals surface area contributed by atoms with Crippen LogP contribution < -0.4 is 10.1 Å². The molecule has 1 fully saturated rings. The smallest absolute Gasteiger partial charge is 0.310 e. The number of esters is 1. The Balaban J connectivity index is 1.76. The summed E-state index contributed by atoms with van der Waals surface area (Å²) in [5, 5.41) is 2.92. The van der Waals surface area contributed by atoms with Crippen molar-refractivity contribution in [2.45, 2.75) is 45.1 Å². The lowest BCUT2D eigenvalue weighted by Crippen LogP contribution is -2.42. The monoisotopic (exact) mass is 337 g/mol. The third-order valence-corrected chi connectivity index (χ3v) is 4.39. The van der Waals surface area contributed by atoms with E-state index in [1.54, 1.807) is 6.07 Å². The quantitative estimate of drug-likeness (QED) is 0.811. The minimum Gasteiger partial charge on any atom is -0.494 e. The maximum absolute atomic E-state index is 13.6. The Morgan fingerprint density at radius 1 is 1.29 bits per heavy atom. The fourth-order valence-corrected chi connectivity index (χ4v) is 2.96. The molecule has 0 spiro atoms. The first kappa shape index (κ1) is 18.2. The van der Waals surface area contributed by atoms with Gasteiger partial charge in [-0.3, -0.25) is 9.59 Å². The molecule has 0 aromatic heterocycles. The minimum absolute atomic E-state index is 0.0893. The van der Waals surface area contributed by atoms with Crippen LogP contribution >= 0.6 is 0 Å². The van der Waals surface area contributed by atoms with E-state index in [0.29, 0.717) is 11.5 Å². The van der Waals surface area contributed by atoms with Crippen molar-refractivity contribution in [3.05, 3.63) is 29.6 Å². The predicted octanol–water partition coefficient (Wildman–Crippen LogP) is 2.61. The molecule has 5 nitrogen and oxygen atoms in total. The number of amides is 1. The molecule has 24 heavy (non-hydrogen) atoms. The van der Waals surface area contributed by atoms with Gasteiger partial charge in [0.1, 0.15) is 0 Å². The van der Waals surface area contributed by atoms with Gasteiger partial charge in [0.15, 0.2) is 18.2 Å². The van der Waals surface area contributed by atoms with Crippen LogP contribution in [0.4, 0.5) is 4.39 Å². The van der Waals surface area contributed by atoms with Gasteiger partial charge in [0.2, 0.25) is 0 Å². The van der Waals surface area contributed by atoms with E-state index < -0.39 is 11.8 Å². The summed E-state index contributed by atoms with van der Waals surface area (Å²) < 4.78 is 23.4. The highest BCUT2D eigenvalue weighted by Gasteiger charge is 2.23. The van der Waals surface area contributed by atoms with Crippen LogP contribution in [0.25, 0.3) is 0 Å². The van der Waals surface area contributed by atoms with Gasteiger partial charge >= 0.3 is 5.97 Å². The summed E-state index contributed by atoms with van der Waals surface area (Å²) in [6.45, 7) is 1.81. The van der Waals surface area contributed by atoms with Gasteiger partial charge in [-0.05, 0) is 36.5 Å². The van der Waals surface area contributed by atoms with Crippen LogP contribution in [0.3, 0.4) is 0 Å². The van der Waals surface area contributed by atoms with Gasteiger partial charge in [-0.2, -0.15) is 0 Å². The number of hydrogen-bond donors (Lipinski definition) is 1. The van der Waals surface area contributed by atoms with Crippen LogP contribution in [0.5, 0.6) is 5.75 Å². The molecule has 1 saturated carbocycles. The van der Waals surface area contributed by atoms with E-state index in [9.17, 15) is 14.0 Å². The van der Waals surface area contributed by atoms with Crippen LogP contribution in [0.2, 0.25) is 0 Å². The summed E-state index contributed by atoms with van der Waals surface area (Å²) in [6.07, 6.45) is 4.28. The Bertz CT molecular complexity index is 590. The van der Waals surface area contributed by atoms with Crippen molar-refractivity contribution in [1.29, 1.82) is 0 Å². The average molecular weight is 337 g/mol. The Labute approximate surface area is 141 Å². The van der Waals surface area contributed by atoms with Crippen LogP contribution in [-0.2, 0) is 20.7 Å². The second kappa shape index (κ2) is 8.66. The van der Waals surface area contributed by atoms with E-state index in [1.165, 1.54) is 25.7 Å². The molecule has 0 saturated heterocycles. The standard InChI is InChI=1S/C18H24FNO4/c1-12-5-3-4-6-15(12)20-17(21)11-24-18(22)10-13-7-8-16(23-2)14(19)9-13/h7-9,12,15H,3-6,10-11H2,1-2H3,(H,20,21)/t12-,15-/m0/s1. The first-order chi connectivity index (χ1) is 11.5. The molecule has 1 aliphatic carbocycles. The average Bonchev–Trinajstić information content (AvgIpc) is 2.55. The highest BCUT2D eigenvalue weighted by molar-refractivity contribution is 5.81. The van der Waals surface area contributed by atoms with Crippen LogP contribution in [0.15, 0.2) is 18.2 Å². The molecule has 1 amide bonds. The third kappa shape index (κ3) is 5.22. The molecular formula is C18H24FNO4. The largest absolute Gasteiger partial charge is 0.494 e. The normalized spacial score (nSPS) is 20.3. The van der Waals surface area contributed by atoms with E-state index in [0.717, 1.165) is 19.3 Å². The Hall–Kier alpha value is -2.11. The number of hydrogen-bond acceptors (Lipinski definition) is 4. The third-order valence-electron chi connectivity index (χ3n) is 4.39. The molecule has 1 aromatic carbocycles. The Morgan fingerprint density at radius 2 is 2.04 bits per heavy atom. The lowest BCUT2D eigenvalue weighted by molar-refractivity contribution is -0.148. The van der Waals surface area contributed by atoms with Crippen molar-refractivity contribution >= 4 is 11.9 Å². The molecular weight excluding hydrogens is 313 g/mol. The van der Waals surface area contributed by atoms with Crippen molar-refractivity contribution in [3.8, 4) is 5.75 Å². The molecule has 1 aliphatic rings. The second-order valence-corrected chi connectivity index (χ2v) is 6.24. The zero-order valence-electron chi connectivity index (χ0n) is 14.1. The molecule has 0 heterocycles. The molecule has 1 N–H and O–H groups in total. The van der Waals surface area contributed by atoms with Crippen molar-refractivity contribution in [2.75, 3.05) is 13.7 Å². The number of halogens is 1. The highest BCUT2D eigenvalue weighted by atomic mass is 19.1. The van der Waals surface area contributed by atoms with Crippen molar-refractivity contribution in [3.63, 3.8) is 0 Å². The molecule has 1 aromatic rings. The summed E-state index contributed by atoms with van der Waals surface area (Å²) in [6, 6.07) is 4.42. The van der Waals surface area contributed by atoms with E-state index >= 15 is 0 Å². The van der Waals surface area contributed by atoms with Gasteiger partial charge in [-0.1, -0.05) is 25.8 Å². The topological polar surface area (TPSA) is 64.6 Å². The fourth-order valence-electron chi connectivity index (χ4n) is 2.96. The Kier molecular flexibility index (Phi) is 6.58. The SMILES string of the molecule is COc1ccc(CC(=O)OCC(=O)N[C@H]2CCCC[C@@H]2C)cc1F. The van der Waals surface area contributed by atoms with Gasteiger partial charge in [0.25, 0.3) is 5.91 Å². The first-order valence-electron chi connectivity index (χ1n) is 8.27. The maximum Gasteiger partial charge on any atom is 0.310 e. The second-order valence-electron chi connectivity index (χ2n) is 6.24. The summed E-state index contributed by atoms with van der Waals surface area (Å²) >= 11 is 0. The molecule has 0 bridgehead atoms. The molecule has 0 aliphatic heterocycles. The van der Waals surface area contributed by atoms with Crippen molar-refractivity contribution in [1.82, 2.24) is 5.32 Å². The van der Waals surface area contributed by atoms with E-state index in [2.05, 4.69) is 12.2 Å². The van der Waals surface area contributed by atoms with Crippen molar-refractivity contribution < 1.29 is 23.5 Å². The van der Waals surface area contributed by atoms with E-state index in [-0.39, 0.29) is 30.7 Å². The van der Waals surface area contributed by atoms with Gasteiger partial charge in [-0.15, -0.1) is 0 Å². The van der Waals surface area contributed by atoms with Gasteiger partial charge in [0.05, 0.1) is 13.5 Å². The fraction of sp³-hybridized carbons (Fsp3) is 0.556. The molecule has 2 atom stereocenters. The zero-order chi connectivity index (χ0) is 17.5. The number of carbonyl (C=O) groups excluding carboxylic acids is 2. The zero-order valence-corrected chi connectivity index (χ0v) is 14.1. The van der Waals surface area contributed by atoms with Gasteiger partial charge in [0, 0.05) is 6.04 Å². The maximum atomic E-state index is 13.6.